The fourth-order valence-corrected chi connectivity index (χ4v) is 2.01. The van der Waals surface area contributed by atoms with E-state index in [0.29, 0.717) is 6.04 Å². The van der Waals surface area contributed by atoms with Crippen LogP contribution in [0.25, 0.3) is 0 Å². The molecular formula is C15H28N4. The topological polar surface area (TPSA) is 41.0 Å². The number of nitrogens with one attached hydrogen (secondary N) is 1. The molecule has 108 valence electrons. The molecule has 1 N–H and O–H groups in total. The van der Waals surface area contributed by atoms with Crippen molar-refractivity contribution in [1.29, 1.82) is 0 Å². The lowest BCUT2D eigenvalue weighted by atomic mass is 10.1. The zero-order valence-electron chi connectivity index (χ0n) is 13.2. The summed E-state index contributed by atoms with van der Waals surface area (Å²) >= 11 is 0. The molecule has 1 heterocycles. The van der Waals surface area contributed by atoms with Crippen LogP contribution in [-0.2, 0) is 6.54 Å². The smallest absolute Gasteiger partial charge is 0.151 e. The second kappa shape index (κ2) is 6.85. The van der Waals surface area contributed by atoms with Gasteiger partial charge in [-0.1, -0.05) is 13.8 Å². The summed E-state index contributed by atoms with van der Waals surface area (Å²) in [4.78, 5) is 2.22. The van der Waals surface area contributed by atoms with Crippen LogP contribution in [0.15, 0.2) is 12.1 Å². The third-order valence-corrected chi connectivity index (χ3v) is 3.36. The summed E-state index contributed by atoms with van der Waals surface area (Å²) in [6.07, 6.45) is 2.25. The van der Waals surface area contributed by atoms with Crippen molar-refractivity contribution in [3.63, 3.8) is 0 Å². The van der Waals surface area contributed by atoms with Gasteiger partial charge in [0.25, 0.3) is 0 Å². The van der Waals surface area contributed by atoms with Crippen LogP contribution in [0.3, 0.4) is 0 Å². The Kier molecular flexibility index (Phi) is 5.73. The number of hydrogen-bond acceptors (Lipinski definition) is 4. The highest BCUT2D eigenvalue weighted by Gasteiger charge is 2.13. The third kappa shape index (κ3) is 5.15. The molecule has 4 heteroatoms. The van der Waals surface area contributed by atoms with Gasteiger partial charge < -0.3 is 10.2 Å². The maximum absolute atomic E-state index is 4.33. The normalized spacial score (nSPS) is 11.9. The molecule has 0 aliphatic heterocycles. The molecule has 1 aromatic rings. The first-order valence-electron chi connectivity index (χ1n) is 7.17. The maximum Gasteiger partial charge on any atom is 0.151 e. The van der Waals surface area contributed by atoms with Crippen LogP contribution in [0, 0.1) is 0 Å². The number of aromatic nitrogens is 2. The van der Waals surface area contributed by atoms with Crippen molar-refractivity contribution < 1.29 is 0 Å². The molecule has 0 bridgehead atoms. The minimum atomic E-state index is 0.104. The minimum Gasteiger partial charge on any atom is -0.355 e. The molecule has 0 amide bonds. The van der Waals surface area contributed by atoms with E-state index in [1.165, 1.54) is 0 Å². The summed E-state index contributed by atoms with van der Waals surface area (Å²) in [6, 6.07) is 4.65. The first-order chi connectivity index (χ1) is 8.87. The molecule has 0 spiro atoms. The predicted octanol–water partition coefficient (Wildman–Crippen LogP) is 2.99. The zero-order valence-corrected chi connectivity index (χ0v) is 13.2. The summed E-state index contributed by atoms with van der Waals surface area (Å²) in [5, 5.41) is 12.0. The molecular weight excluding hydrogens is 236 g/mol. The Balaban J connectivity index is 2.65. The molecule has 4 nitrogen and oxygen atoms in total. The van der Waals surface area contributed by atoms with E-state index in [1.54, 1.807) is 0 Å². The standard InChI is InChI=1S/C15H28N4/c1-7-13(8-2)19(6)14-10-9-12(17-18-14)11-16-15(3,4)5/h9-10,13,16H,7-8,11H2,1-6H3. The average Bonchev–Trinajstić information content (AvgIpc) is 2.37. The zero-order chi connectivity index (χ0) is 14.5. The Morgan fingerprint density at radius 1 is 1.16 bits per heavy atom. The maximum atomic E-state index is 4.33. The van der Waals surface area contributed by atoms with Crippen molar-refractivity contribution >= 4 is 5.82 Å². The van der Waals surface area contributed by atoms with Gasteiger partial charge in [0.1, 0.15) is 0 Å². The fourth-order valence-electron chi connectivity index (χ4n) is 2.01. The molecule has 0 atom stereocenters. The van der Waals surface area contributed by atoms with Crippen LogP contribution in [-0.4, -0.2) is 28.8 Å². The highest BCUT2D eigenvalue weighted by Crippen LogP contribution is 2.15. The van der Waals surface area contributed by atoms with Gasteiger partial charge in [0.2, 0.25) is 0 Å². The van der Waals surface area contributed by atoms with E-state index in [4.69, 9.17) is 0 Å². The molecule has 0 aromatic carbocycles. The minimum absolute atomic E-state index is 0.104. The van der Waals surface area contributed by atoms with E-state index >= 15 is 0 Å². The van der Waals surface area contributed by atoms with Crippen molar-refractivity contribution in [3.05, 3.63) is 17.8 Å². The molecule has 0 saturated carbocycles. The van der Waals surface area contributed by atoms with Crippen LogP contribution in [0.1, 0.15) is 53.2 Å². The Bertz CT molecular complexity index is 363. The lowest BCUT2D eigenvalue weighted by Gasteiger charge is -2.27. The Labute approximate surface area is 117 Å². The van der Waals surface area contributed by atoms with Crippen LogP contribution in [0.4, 0.5) is 5.82 Å². The van der Waals surface area contributed by atoms with E-state index in [0.717, 1.165) is 30.9 Å². The van der Waals surface area contributed by atoms with Crippen molar-refractivity contribution in [3.8, 4) is 0 Å². The van der Waals surface area contributed by atoms with Gasteiger partial charge in [-0.25, -0.2) is 0 Å². The average molecular weight is 264 g/mol. The molecule has 0 aliphatic carbocycles. The molecule has 0 unspecified atom stereocenters. The Hall–Kier alpha value is -1.16. The van der Waals surface area contributed by atoms with Gasteiger partial charge >= 0.3 is 0 Å². The number of rotatable bonds is 6. The SMILES string of the molecule is CCC(CC)N(C)c1ccc(CNC(C)(C)C)nn1. The Morgan fingerprint density at radius 2 is 1.79 bits per heavy atom. The number of hydrogen-bond donors (Lipinski definition) is 1. The van der Waals surface area contributed by atoms with E-state index in [-0.39, 0.29) is 5.54 Å². The van der Waals surface area contributed by atoms with Gasteiger partial charge in [0, 0.05) is 25.2 Å². The highest BCUT2D eigenvalue weighted by atomic mass is 15.3. The number of anilines is 1. The van der Waals surface area contributed by atoms with Gasteiger partial charge in [-0.15, -0.1) is 5.10 Å². The molecule has 0 fully saturated rings. The quantitative estimate of drug-likeness (QED) is 0.857. The van der Waals surface area contributed by atoms with Crippen molar-refractivity contribution in [2.24, 2.45) is 0 Å². The molecule has 19 heavy (non-hydrogen) atoms. The molecule has 0 radical (unpaired) electrons. The van der Waals surface area contributed by atoms with Gasteiger partial charge in [-0.05, 0) is 45.7 Å². The molecule has 1 aromatic heterocycles. The Morgan fingerprint density at radius 3 is 2.21 bits per heavy atom. The van der Waals surface area contributed by atoms with Gasteiger partial charge in [0.05, 0.1) is 5.69 Å². The molecule has 0 saturated heterocycles. The second-order valence-electron chi connectivity index (χ2n) is 6.07. The summed E-state index contributed by atoms with van der Waals surface area (Å²) in [5.74, 6) is 0.952. The number of nitrogens with zero attached hydrogens (tertiary/aromatic N) is 3. The second-order valence-corrected chi connectivity index (χ2v) is 6.07. The molecule has 1 rings (SSSR count). The van der Waals surface area contributed by atoms with Crippen molar-refractivity contribution in [1.82, 2.24) is 15.5 Å². The van der Waals surface area contributed by atoms with Crippen LogP contribution in [0.5, 0.6) is 0 Å². The van der Waals surface area contributed by atoms with Gasteiger partial charge in [-0.3, -0.25) is 0 Å². The monoisotopic (exact) mass is 264 g/mol. The lowest BCUT2D eigenvalue weighted by Crippen LogP contribution is -2.35. The first-order valence-corrected chi connectivity index (χ1v) is 7.17. The van der Waals surface area contributed by atoms with Gasteiger partial charge in [0.15, 0.2) is 5.82 Å². The van der Waals surface area contributed by atoms with Crippen molar-refractivity contribution in [2.45, 2.75) is 65.6 Å². The van der Waals surface area contributed by atoms with Crippen LogP contribution in [0.2, 0.25) is 0 Å². The lowest BCUT2D eigenvalue weighted by molar-refractivity contribution is 0.420. The van der Waals surface area contributed by atoms with E-state index < -0.39 is 0 Å². The van der Waals surface area contributed by atoms with E-state index in [1.807, 2.05) is 0 Å². The fraction of sp³-hybridized carbons (Fsp3) is 0.733. The van der Waals surface area contributed by atoms with Gasteiger partial charge in [-0.2, -0.15) is 5.10 Å². The van der Waals surface area contributed by atoms with E-state index in [2.05, 4.69) is 74.2 Å². The van der Waals surface area contributed by atoms with E-state index in [9.17, 15) is 0 Å². The highest BCUT2D eigenvalue weighted by molar-refractivity contribution is 5.37. The predicted molar refractivity (Wildman–Crippen MR) is 81.4 cm³/mol. The summed E-state index contributed by atoms with van der Waals surface area (Å²) in [7, 11) is 2.09. The summed E-state index contributed by atoms with van der Waals surface area (Å²) in [5.41, 5.74) is 1.09. The summed E-state index contributed by atoms with van der Waals surface area (Å²) < 4.78 is 0. The molecule has 0 aliphatic rings. The van der Waals surface area contributed by atoms with Crippen molar-refractivity contribution in [2.75, 3.05) is 11.9 Å². The van der Waals surface area contributed by atoms with Crippen LogP contribution < -0.4 is 10.2 Å². The largest absolute Gasteiger partial charge is 0.355 e. The van der Waals surface area contributed by atoms with Crippen LogP contribution >= 0.6 is 0 Å². The summed E-state index contributed by atoms with van der Waals surface area (Å²) in [6.45, 7) is 11.6. The first kappa shape index (κ1) is 15.9. The third-order valence-electron chi connectivity index (χ3n) is 3.36.